The predicted octanol–water partition coefficient (Wildman–Crippen LogP) is 6.01. The Kier molecular flexibility index (Phi) is 11.3. The van der Waals surface area contributed by atoms with Gasteiger partial charge in [0.25, 0.3) is 5.91 Å². The Bertz CT molecular complexity index is 1840. The number of carbonyl (C=O) groups excluding carboxylic acids is 2. The molecule has 2 aliphatic heterocycles. The van der Waals surface area contributed by atoms with Crippen molar-refractivity contribution in [3.05, 3.63) is 99.4 Å². The fourth-order valence-electron chi connectivity index (χ4n) is 8.32. The third-order valence-corrected chi connectivity index (χ3v) is 16.0. The number of fused-ring (bicyclic) bond motifs is 2. The van der Waals surface area contributed by atoms with Crippen molar-refractivity contribution in [1.29, 1.82) is 0 Å². The maximum Gasteiger partial charge on any atom is 0.305 e. The first-order valence-corrected chi connectivity index (χ1v) is 21.8. The standard InChI is InChI=1S/C39H47IN4O6Si/c1-26-37(51(4,5)30-17-15-29(48-2)16-18-30)35(20-22-43-24-33(41-42-43)31(25-45)27-11-7-6-8-12-27)50-39(26)32-23-28(40)14-19-34(32)44(38(39)47)21-10-9-13-36(46)49-3/h6-8,11-12,14-19,23-24,26,31,35,37,45H,9-10,13,20-22,25H2,1-5H3/t26-,31?,35+,37-,39+/m1/s1. The van der Waals surface area contributed by atoms with Gasteiger partial charge in [0.2, 0.25) is 0 Å². The molecule has 0 aliphatic carbocycles. The van der Waals surface area contributed by atoms with Gasteiger partial charge in [0.05, 0.1) is 52.3 Å². The van der Waals surface area contributed by atoms with Gasteiger partial charge >= 0.3 is 5.97 Å². The van der Waals surface area contributed by atoms with Gasteiger partial charge in [0.1, 0.15) is 5.75 Å². The summed E-state index contributed by atoms with van der Waals surface area (Å²) in [5, 5.41) is 20.4. The monoisotopic (exact) mass is 822 g/mol. The number of aliphatic hydroxyl groups is 1. The summed E-state index contributed by atoms with van der Waals surface area (Å²) >= 11 is 2.32. The van der Waals surface area contributed by atoms with Gasteiger partial charge in [-0.05, 0) is 83.3 Å². The van der Waals surface area contributed by atoms with Gasteiger partial charge in [0, 0.05) is 40.8 Å². The third kappa shape index (κ3) is 7.12. The molecular weight excluding hydrogens is 775 g/mol. The highest BCUT2D eigenvalue weighted by Gasteiger charge is 2.66. The van der Waals surface area contributed by atoms with Crippen molar-refractivity contribution in [1.82, 2.24) is 15.0 Å². The summed E-state index contributed by atoms with van der Waals surface area (Å²) < 4.78 is 20.5. The van der Waals surface area contributed by atoms with Crippen LogP contribution in [0.3, 0.4) is 0 Å². The Morgan fingerprint density at radius 3 is 2.49 bits per heavy atom. The Morgan fingerprint density at radius 2 is 1.80 bits per heavy atom. The summed E-state index contributed by atoms with van der Waals surface area (Å²) in [6.07, 6.45) is 3.92. The number of esters is 1. The molecular formula is C39H47IN4O6Si. The van der Waals surface area contributed by atoms with Gasteiger partial charge in [-0.3, -0.25) is 14.3 Å². The lowest BCUT2D eigenvalue weighted by atomic mass is 9.82. The van der Waals surface area contributed by atoms with Crippen LogP contribution in [-0.2, 0) is 31.2 Å². The molecule has 2 aliphatic rings. The number of halogens is 1. The summed E-state index contributed by atoms with van der Waals surface area (Å²) in [6, 6.07) is 24.4. The first kappa shape index (κ1) is 37.2. The van der Waals surface area contributed by atoms with Gasteiger partial charge in [-0.1, -0.05) is 72.9 Å². The lowest BCUT2D eigenvalue weighted by Gasteiger charge is -2.37. The molecule has 1 N–H and O–H groups in total. The SMILES string of the molecule is COC(=O)CCCCN1C(=O)[C@@]2(O[C@@H](CCn3cc(C(CO)c4ccccc4)nn3)[C@H]([Si](C)(C)c3ccc(OC)cc3)[C@H]2C)c2cc(I)ccc21. The number of aryl methyl sites for hydroxylation is 1. The van der Waals surface area contributed by atoms with E-state index in [0.717, 1.165) is 26.1 Å². The van der Waals surface area contributed by atoms with E-state index in [1.54, 1.807) is 7.11 Å². The Morgan fingerprint density at radius 1 is 1.06 bits per heavy atom. The Hall–Kier alpha value is -3.59. The lowest BCUT2D eigenvalue weighted by Crippen LogP contribution is -2.52. The number of benzene rings is 3. The molecule has 270 valence electrons. The molecule has 3 heterocycles. The molecule has 12 heteroatoms. The zero-order valence-corrected chi connectivity index (χ0v) is 33.1. The minimum Gasteiger partial charge on any atom is -0.497 e. The van der Waals surface area contributed by atoms with Crippen LogP contribution in [0.25, 0.3) is 0 Å². The summed E-state index contributed by atoms with van der Waals surface area (Å²) in [6.45, 7) is 7.92. The molecule has 1 aromatic heterocycles. The number of methoxy groups -OCH3 is 2. The van der Waals surface area contributed by atoms with Crippen LogP contribution in [0, 0.1) is 9.49 Å². The predicted molar refractivity (Wildman–Crippen MR) is 207 cm³/mol. The largest absolute Gasteiger partial charge is 0.497 e. The molecule has 1 amide bonds. The molecule has 1 unspecified atom stereocenters. The van der Waals surface area contributed by atoms with Crippen molar-refractivity contribution >= 4 is 53.4 Å². The van der Waals surface area contributed by atoms with Crippen molar-refractivity contribution in [2.45, 2.75) is 75.4 Å². The summed E-state index contributed by atoms with van der Waals surface area (Å²) in [5.74, 6) is 0.134. The number of aliphatic hydroxyl groups excluding tert-OH is 1. The van der Waals surface area contributed by atoms with E-state index >= 15 is 0 Å². The highest BCUT2D eigenvalue weighted by atomic mass is 127. The van der Waals surface area contributed by atoms with Crippen molar-refractivity contribution in [3.63, 3.8) is 0 Å². The summed E-state index contributed by atoms with van der Waals surface area (Å²) in [4.78, 5) is 28.6. The van der Waals surface area contributed by atoms with Crippen LogP contribution in [0.1, 0.15) is 55.3 Å². The van der Waals surface area contributed by atoms with Crippen LogP contribution in [0.15, 0.2) is 79.0 Å². The number of nitrogens with zero attached hydrogens (tertiary/aromatic N) is 4. The van der Waals surface area contributed by atoms with Gasteiger partial charge < -0.3 is 24.2 Å². The van der Waals surface area contributed by atoms with Gasteiger partial charge in [-0.15, -0.1) is 5.10 Å². The summed E-state index contributed by atoms with van der Waals surface area (Å²) in [7, 11) is 0.752. The fourth-order valence-corrected chi connectivity index (χ4v) is 12.9. The highest BCUT2D eigenvalue weighted by Crippen LogP contribution is 2.60. The minimum atomic E-state index is -2.32. The lowest BCUT2D eigenvalue weighted by molar-refractivity contribution is -0.146. The molecule has 6 rings (SSSR count). The third-order valence-electron chi connectivity index (χ3n) is 11.0. The number of hydrogen-bond donors (Lipinski definition) is 1. The van der Waals surface area contributed by atoms with Crippen molar-refractivity contribution in [3.8, 4) is 5.75 Å². The van der Waals surface area contributed by atoms with E-state index in [1.807, 2.05) is 70.4 Å². The van der Waals surface area contributed by atoms with E-state index in [9.17, 15) is 14.7 Å². The second kappa shape index (κ2) is 15.6. The Balaban J connectivity index is 1.33. The van der Waals surface area contributed by atoms with E-state index in [2.05, 4.69) is 71.1 Å². The molecule has 0 saturated carbocycles. The van der Waals surface area contributed by atoms with E-state index in [1.165, 1.54) is 12.3 Å². The quantitative estimate of drug-likeness (QED) is 0.0712. The van der Waals surface area contributed by atoms with Crippen LogP contribution in [0.4, 0.5) is 5.69 Å². The molecule has 1 spiro atoms. The highest BCUT2D eigenvalue weighted by molar-refractivity contribution is 14.1. The van der Waals surface area contributed by atoms with Crippen LogP contribution in [0.2, 0.25) is 18.6 Å². The van der Waals surface area contributed by atoms with Gasteiger partial charge in [0.15, 0.2) is 5.60 Å². The minimum absolute atomic E-state index is 0.0335. The topological polar surface area (TPSA) is 116 Å². The van der Waals surface area contributed by atoms with Crippen molar-refractivity contribution in [2.75, 3.05) is 32.3 Å². The molecule has 10 nitrogen and oxygen atoms in total. The first-order chi connectivity index (χ1) is 24.5. The number of unbranched alkanes of at least 4 members (excludes halogenated alkanes) is 1. The molecule has 4 aromatic rings. The molecule has 3 aromatic carbocycles. The number of hydrogen-bond acceptors (Lipinski definition) is 8. The molecule has 0 bridgehead atoms. The van der Waals surface area contributed by atoms with Crippen molar-refractivity contribution in [2.24, 2.45) is 5.92 Å². The van der Waals surface area contributed by atoms with E-state index < -0.39 is 13.7 Å². The van der Waals surface area contributed by atoms with Gasteiger partial charge in [-0.2, -0.15) is 0 Å². The van der Waals surface area contributed by atoms with Crippen LogP contribution >= 0.6 is 22.6 Å². The number of carbonyl (C=O) groups is 2. The number of amides is 1. The molecule has 0 radical (unpaired) electrons. The molecule has 1 fully saturated rings. The molecule has 1 saturated heterocycles. The Labute approximate surface area is 314 Å². The molecule has 51 heavy (non-hydrogen) atoms. The average Bonchev–Trinajstić information content (AvgIpc) is 3.79. The molecule has 5 atom stereocenters. The second-order valence-corrected chi connectivity index (χ2v) is 20.1. The summed E-state index contributed by atoms with van der Waals surface area (Å²) in [5.41, 5.74) is 2.43. The average molecular weight is 823 g/mol. The number of rotatable bonds is 14. The van der Waals surface area contributed by atoms with Gasteiger partial charge in [-0.25, -0.2) is 0 Å². The zero-order valence-electron chi connectivity index (χ0n) is 29.9. The normalized spacial score (nSPS) is 22.0. The number of aromatic nitrogens is 3. The number of anilines is 1. The second-order valence-electron chi connectivity index (χ2n) is 14.1. The van der Waals surface area contributed by atoms with E-state index in [4.69, 9.17) is 14.2 Å². The van der Waals surface area contributed by atoms with E-state index in [0.29, 0.717) is 44.5 Å². The van der Waals surface area contributed by atoms with Crippen LogP contribution in [-0.4, -0.2) is 73.5 Å². The number of ether oxygens (including phenoxy) is 3. The first-order valence-electron chi connectivity index (χ1n) is 17.6. The van der Waals surface area contributed by atoms with Crippen molar-refractivity contribution < 1.29 is 28.9 Å². The zero-order chi connectivity index (χ0) is 36.3. The van der Waals surface area contributed by atoms with Crippen LogP contribution < -0.4 is 14.8 Å². The fraction of sp³-hybridized carbons (Fsp3) is 0.436. The van der Waals surface area contributed by atoms with E-state index in [-0.39, 0.29) is 42.0 Å². The maximum atomic E-state index is 14.9. The van der Waals surface area contributed by atoms with Crippen LogP contribution in [0.5, 0.6) is 5.75 Å². The maximum absolute atomic E-state index is 14.9. The smallest absolute Gasteiger partial charge is 0.305 e.